The molecular weight excluding hydrogens is 240 g/mol. The summed E-state index contributed by atoms with van der Waals surface area (Å²) in [5.74, 6) is 0. The number of carbonyl (C=O) groups is 1. The average molecular weight is 255 g/mol. The van der Waals surface area contributed by atoms with Gasteiger partial charge in [0.25, 0.3) is 0 Å². The quantitative estimate of drug-likeness (QED) is 0.838. The SMILES string of the molecule is C[C@@H]1CN(C(=O)O)CCN1c1cccc(Cl)c1. The summed E-state index contributed by atoms with van der Waals surface area (Å²) in [6, 6.07) is 7.82. The zero-order chi connectivity index (χ0) is 12.4. The first-order valence-corrected chi connectivity index (χ1v) is 5.96. The molecule has 1 fully saturated rings. The van der Waals surface area contributed by atoms with Crippen LogP contribution in [0.15, 0.2) is 24.3 Å². The van der Waals surface area contributed by atoms with Gasteiger partial charge in [-0.3, -0.25) is 0 Å². The lowest BCUT2D eigenvalue weighted by Gasteiger charge is -2.40. The van der Waals surface area contributed by atoms with Crippen molar-refractivity contribution in [1.82, 2.24) is 4.90 Å². The summed E-state index contributed by atoms with van der Waals surface area (Å²) >= 11 is 5.96. The maximum atomic E-state index is 10.9. The van der Waals surface area contributed by atoms with E-state index in [0.29, 0.717) is 24.7 Å². The zero-order valence-corrected chi connectivity index (χ0v) is 10.4. The van der Waals surface area contributed by atoms with E-state index in [1.807, 2.05) is 31.2 Å². The Bertz CT molecular complexity index is 425. The third-order valence-corrected chi connectivity index (χ3v) is 3.27. The fourth-order valence-electron chi connectivity index (χ4n) is 2.17. The van der Waals surface area contributed by atoms with Crippen molar-refractivity contribution in [2.45, 2.75) is 13.0 Å². The molecule has 1 aliphatic rings. The average Bonchev–Trinajstić information content (AvgIpc) is 2.28. The zero-order valence-electron chi connectivity index (χ0n) is 9.64. The minimum Gasteiger partial charge on any atom is -0.465 e. The van der Waals surface area contributed by atoms with E-state index < -0.39 is 6.09 Å². The fraction of sp³-hybridized carbons (Fsp3) is 0.417. The summed E-state index contributed by atoms with van der Waals surface area (Å²) in [6.07, 6.45) is -0.845. The molecule has 1 aliphatic heterocycles. The first-order chi connectivity index (χ1) is 8.08. The molecule has 0 aromatic heterocycles. The summed E-state index contributed by atoms with van der Waals surface area (Å²) < 4.78 is 0. The number of benzene rings is 1. The van der Waals surface area contributed by atoms with E-state index in [9.17, 15) is 4.79 Å². The Morgan fingerprint density at radius 2 is 2.24 bits per heavy atom. The van der Waals surface area contributed by atoms with Crippen LogP contribution in [0.2, 0.25) is 5.02 Å². The van der Waals surface area contributed by atoms with Crippen molar-refractivity contribution in [2.24, 2.45) is 0 Å². The van der Waals surface area contributed by atoms with E-state index in [-0.39, 0.29) is 6.04 Å². The van der Waals surface area contributed by atoms with Gasteiger partial charge in [0.2, 0.25) is 0 Å². The Balaban J connectivity index is 2.12. The summed E-state index contributed by atoms with van der Waals surface area (Å²) in [4.78, 5) is 14.5. The minimum absolute atomic E-state index is 0.165. The van der Waals surface area contributed by atoms with Crippen LogP contribution < -0.4 is 4.90 Å². The Morgan fingerprint density at radius 3 is 2.82 bits per heavy atom. The van der Waals surface area contributed by atoms with Crippen LogP contribution >= 0.6 is 11.6 Å². The summed E-state index contributed by atoms with van der Waals surface area (Å²) in [5, 5.41) is 9.65. The van der Waals surface area contributed by atoms with E-state index in [1.54, 1.807) is 0 Å². The first kappa shape index (κ1) is 12.0. The van der Waals surface area contributed by atoms with Gasteiger partial charge in [0.05, 0.1) is 0 Å². The molecule has 4 nitrogen and oxygen atoms in total. The van der Waals surface area contributed by atoms with Gasteiger partial charge in [-0.2, -0.15) is 0 Å². The van der Waals surface area contributed by atoms with Crippen molar-refractivity contribution in [3.63, 3.8) is 0 Å². The fourth-order valence-corrected chi connectivity index (χ4v) is 2.35. The number of nitrogens with zero attached hydrogens (tertiary/aromatic N) is 2. The Hall–Kier alpha value is -1.42. The van der Waals surface area contributed by atoms with Crippen molar-refractivity contribution >= 4 is 23.4 Å². The highest BCUT2D eigenvalue weighted by molar-refractivity contribution is 6.30. The van der Waals surface area contributed by atoms with Crippen molar-refractivity contribution < 1.29 is 9.90 Å². The summed E-state index contributed by atoms with van der Waals surface area (Å²) in [6.45, 7) is 3.79. The first-order valence-electron chi connectivity index (χ1n) is 5.58. The highest BCUT2D eigenvalue weighted by Crippen LogP contribution is 2.23. The molecular formula is C12H15ClN2O2. The van der Waals surface area contributed by atoms with Crippen LogP contribution in [0.5, 0.6) is 0 Å². The minimum atomic E-state index is -0.845. The molecule has 0 spiro atoms. The molecule has 1 amide bonds. The predicted molar refractivity (Wildman–Crippen MR) is 67.9 cm³/mol. The normalized spacial score (nSPS) is 20.5. The van der Waals surface area contributed by atoms with Crippen LogP contribution in [0.25, 0.3) is 0 Å². The molecule has 1 atom stereocenters. The number of hydrogen-bond donors (Lipinski definition) is 1. The number of halogens is 1. The van der Waals surface area contributed by atoms with Gasteiger partial charge in [-0.1, -0.05) is 17.7 Å². The number of anilines is 1. The van der Waals surface area contributed by atoms with E-state index in [0.717, 1.165) is 5.69 Å². The van der Waals surface area contributed by atoms with E-state index in [1.165, 1.54) is 4.90 Å². The third-order valence-electron chi connectivity index (χ3n) is 3.04. The number of amides is 1. The van der Waals surface area contributed by atoms with Gasteiger partial charge >= 0.3 is 6.09 Å². The van der Waals surface area contributed by atoms with E-state index >= 15 is 0 Å². The lowest BCUT2D eigenvalue weighted by Crippen LogP contribution is -2.53. The lowest BCUT2D eigenvalue weighted by molar-refractivity contribution is 0.136. The van der Waals surface area contributed by atoms with Crippen molar-refractivity contribution in [1.29, 1.82) is 0 Å². The van der Waals surface area contributed by atoms with Gasteiger partial charge in [-0.15, -0.1) is 0 Å². The number of rotatable bonds is 1. The van der Waals surface area contributed by atoms with Gasteiger partial charge in [0.1, 0.15) is 0 Å². The second kappa shape index (κ2) is 4.84. The van der Waals surface area contributed by atoms with E-state index in [4.69, 9.17) is 16.7 Å². The predicted octanol–water partition coefficient (Wildman–Crippen LogP) is 2.53. The number of hydrogen-bond acceptors (Lipinski definition) is 2. The van der Waals surface area contributed by atoms with Gasteiger partial charge in [-0.25, -0.2) is 4.79 Å². The second-order valence-corrected chi connectivity index (χ2v) is 4.69. The summed E-state index contributed by atoms with van der Waals surface area (Å²) in [5.41, 5.74) is 1.05. The van der Waals surface area contributed by atoms with Crippen molar-refractivity contribution in [2.75, 3.05) is 24.5 Å². The number of piperazine rings is 1. The number of carboxylic acid groups (broad SMARTS) is 1. The molecule has 92 valence electrons. The van der Waals surface area contributed by atoms with Crippen LogP contribution in [0, 0.1) is 0 Å². The molecule has 0 aliphatic carbocycles. The topological polar surface area (TPSA) is 43.8 Å². The molecule has 1 heterocycles. The summed E-state index contributed by atoms with van der Waals surface area (Å²) in [7, 11) is 0. The third kappa shape index (κ3) is 2.64. The Kier molecular flexibility index (Phi) is 3.43. The van der Waals surface area contributed by atoms with Gasteiger partial charge in [-0.05, 0) is 25.1 Å². The van der Waals surface area contributed by atoms with Gasteiger partial charge in [0, 0.05) is 36.4 Å². The molecule has 17 heavy (non-hydrogen) atoms. The molecule has 1 N–H and O–H groups in total. The molecule has 0 unspecified atom stereocenters. The molecule has 2 rings (SSSR count). The van der Waals surface area contributed by atoms with Gasteiger partial charge in [0.15, 0.2) is 0 Å². The Morgan fingerprint density at radius 1 is 1.47 bits per heavy atom. The molecule has 0 radical (unpaired) electrons. The monoisotopic (exact) mass is 254 g/mol. The highest BCUT2D eigenvalue weighted by atomic mass is 35.5. The standard InChI is InChI=1S/C12H15ClN2O2/c1-9-8-14(12(16)17)5-6-15(9)11-4-2-3-10(13)7-11/h2-4,7,9H,5-6,8H2,1H3,(H,16,17)/t9-/m1/s1. The molecule has 1 aromatic rings. The van der Waals surface area contributed by atoms with Crippen LogP contribution in [0.4, 0.5) is 10.5 Å². The second-order valence-electron chi connectivity index (χ2n) is 4.25. The van der Waals surface area contributed by atoms with Crippen LogP contribution in [0.3, 0.4) is 0 Å². The van der Waals surface area contributed by atoms with Gasteiger partial charge < -0.3 is 14.9 Å². The molecule has 5 heteroatoms. The maximum Gasteiger partial charge on any atom is 0.407 e. The largest absolute Gasteiger partial charge is 0.465 e. The van der Waals surface area contributed by atoms with Crippen molar-refractivity contribution in [3.8, 4) is 0 Å². The molecule has 0 bridgehead atoms. The smallest absolute Gasteiger partial charge is 0.407 e. The van der Waals surface area contributed by atoms with Crippen molar-refractivity contribution in [3.05, 3.63) is 29.3 Å². The highest BCUT2D eigenvalue weighted by Gasteiger charge is 2.26. The maximum absolute atomic E-state index is 10.9. The van der Waals surface area contributed by atoms with Crippen LogP contribution in [-0.4, -0.2) is 41.8 Å². The molecule has 0 saturated carbocycles. The van der Waals surface area contributed by atoms with E-state index in [2.05, 4.69) is 4.90 Å². The molecule has 1 aromatic carbocycles. The lowest BCUT2D eigenvalue weighted by atomic mass is 10.1. The molecule has 1 saturated heterocycles. The van der Waals surface area contributed by atoms with Crippen LogP contribution in [-0.2, 0) is 0 Å². The van der Waals surface area contributed by atoms with Crippen LogP contribution in [0.1, 0.15) is 6.92 Å². The Labute approximate surface area is 105 Å².